The van der Waals surface area contributed by atoms with Gasteiger partial charge in [0.05, 0.1) is 0 Å². The van der Waals surface area contributed by atoms with Gasteiger partial charge in [0.2, 0.25) is 0 Å². The lowest BCUT2D eigenvalue weighted by Gasteiger charge is -2.38. The minimum Gasteiger partial charge on any atom is -0.355 e. The Morgan fingerprint density at radius 2 is 1.96 bits per heavy atom. The maximum absolute atomic E-state index is 11.6. The summed E-state index contributed by atoms with van der Waals surface area (Å²) < 4.78 is 0. The predicted octanol–water partition coefficient (Wildman–Crippen LogP) is 2.62. The molecule has 2 aliphatic rings. The number of hydrogen-bond acceptors (Lipinski definition) is 2. The van der Waals surface area contributed by atoms with Crippen LogP contribution in [0.2, 0.25) is 0 Å². The third kappa shape index (κ3) is 4.02. The molecule has 132 valence electrons. The van der Waals surface area contributed by atoms with Gasteiger partial charge in [-0.3, -0.25) is 9.79 Å². The van der Waals surface area contributed by atoms with Crippen LogP contribution >= 0.6 is 24.0 Å². The van der Waals surface area contributed by atoms with E-state index in [4.69, 9.17) is 0 Å². The zero-order valence-electron chi connectivity index (χ0n) is 14.5. The number of rotatable bonds is 3. The lowest BCUT2D eigenvalue weighted by molar-refractivity contribution is 0.0963. The molecule has 1 aromatic rings. The number of hydrogen-bond donors (Lipinski definition) is 2. The first kappa shape index (κ1) is 19.0. The molecule has 24 heavy (non-hydrogen) atoms. The van der Waals surface area contributed by atoms with Crippen molar-refractivity contribution in [3.8, 4) is 0 Å². The van der Waals surface area contributed by atoms with Crippen LogP contribution in [-0.4, -0.2) is 44.0 Å². The van der Waals surface area contributed by atoms with Gasteiger partial charge in [-0.15, -0.1) is 24.0 Å². The monoisotopic (exact) mass is 442 g/mol. The number of carbonyl (C=O) groups excluding carboxylic acids is 1. The predicted molar refractivity (Wildman–Crippen MR) is 108 cm³/mol. The molecule has 1 aliphatic heterocycles. The number of carbonyl (C=O) groups is 1. The van der Waals surface area contributed by atoms with Crippen molar-refractivity contribution < 1.29 is 4.79 Å². The van der Waals surface area contributed by atoms with Gasteiger partial charge in [-0.2, -0.15) is 0 Å². The van der Waals surface area contributed by atoms with E-state index in [1.807, 2.05) is 31.3 Å². The number of benzene rings is 1. The van der Waals surface area contributed by atoms with Gasteiger partial charge in [0.15, 0.2) is 5.96 Å². The van der Waals surface area contributed by atoms with E-state index >= 15 is 0 Å². The van der Waals surface area contributed by atoms with E-state index < -0.39 is 0 Å². The van der Waals surface area contributed by atoms with Crippen LogP contribution < -0.4 is 10.6 Å². The molecule has 1 heterocycles. The highest BCUT2D eigenvalue weighted by Gasteiger charge is 2.43. The summed E-state index contributed by atoms with van der Waals surface area (Å²) in [6.45, 7) is 2.97. The average Bonchev–Trinajstić information content (AvgIpc) is 3.01. The Kier molecular flexibility index (Phi) is 6.48. The Morgan fingerprint density at radius 3 is 2.46 bits per heavy atom. The number of likely N-dealkylation sites (tertiary alicyclic amines) is 1. The van der Waals surface area contributed by atoms with Crippen LogP contribution in [-0.2, 0) is 6.54 Å². The van der Waals surface area contributed by atoms with Crippen molar-refractivity contribution in [3.63, 3.8) is 0 Å². The highest BCUT2D eigenvalue weighted by molar-refractivity contribution is 14.0. The van der Waals surface area contributed by atoms with Crippen molar-refractivity contribution in [2.75, 3.05) is 27.2 Å². The van der Waals surface area contributed by atoms with E-state index in [1.165, 1.54) is 25.7 Å². The summed E-state index contributed by atoms with van der Waals surface area (Å²) in [4.78, 5) is 18.4. The van der Waals surface area contributed by atoms with Crippen LogP contribution in [0.1, 0.15) is 41.6 Å². The first-order chi connectivity index (χ1) is 11.2. The van der Waals surface area contributed by atoms with Gasteiger partial charge < -0.3 is 15.5 Å². The summed E-state index contributed by atoms with van der Waals surface area (Å²) in [5, 5.41) is 6.09. The normalized spacial score (nSPS) is 18.8. The Hall–Kier alpha value is -1.31. The molecule has 6 heteroatoms. The molecule has 1 saturated carbocycles. The van der Waals surface area contributed by atoms with E-state index in [0.29, 0.717) is 11.0 Å². The quantitative estimate of drug-likeness (QED) is 0.430. The lowest BCUT2D eigenvalue weighted by atomic mass is 9.68. The molecule has 1 saturated heterocycles. The number of nitrogens with zero attached hydrogens (tertiary/aromatic N) is 2. The third-order valence-electron chi connectivity index (χ3n) is 5.26. The summed E-state index contributed by atoms with van der Waals surface area (Å²) in [5.41, 5.74) is 2.41. The second-order valence-corrected chi connectivity index (χ2v) is 6.70. The fraction of sp³-hybridized carbons (Fsp3) is 0.556. The first-order valence-electron chi connectivity index (χ1n) is 8.42. The summed E-state index contributed by atoms with van der Waals surface area (Å²) >= 11 is 0. The second kappa shape index (κ2) is 8.18. The van der Waals surface area contributed by atoms with E-state index in [0.717, 1.165) is 31.2 Å². The molecule has 0 radical (unpaired) electrons. The third-order valence-corrected chi connectivity index (χ3v) is 5.26. The SMILES string of the molecule is CN=C(NCc1ccc(C(=O)NC)cc1)N1CCC2(CCC2)C1.I. The Balaban J connectivity index is 0.00000208. The molecule has 3 rings (SSSR count). The fourth-order valence-corrected chi connectivity index (χ4v) is 3.63. The second-order valence-electron chi connectivity index (χ2n) is 6.70. The average molecular weight is 442 g/mol. The molecule has 0 bridgehead atoms. The van der Waals surface area contributed by atoms with Crippen molar-refractivity contribution in [3.05, 3.63) is 35.4 Å². The van der Waals surface area contributed by atoms with Gasteiger partial charge in [0.1, 0.15) is 0 Å². The van der Waals surface area contributed by atoms with E-state index in [1.54, 1.807) is 7.05 Å². The topological polar surface area (TPSA) is 56.7 Å². The summed E-state index contributed by atoms with van der Waals surface area (Å²) in [6, 6.07) is 7.69. The molecular formula is C18H27IN4O. The molecule has 1 amide bonds. The minimum atomic E-state index is -0.0526. The van der Waals surface area contributed by atoms with Crippen LogP contribution in [0, 0.1) is 5.41 Å². The van der Waals surface area contributed by atoms with E-state index in [2.05, 4.69) is 20.5 Å². The van der Waals surface area contributed by atoms with Crippen molar-refractivity contribution in [2.24, 2.45) is 10.4 Å². The van der Waals surface area contributed by atoms with Crippen molar-refractivity contribution in [1.82, 2.24) is 15.5 Å². The maximum Gasteiger partial charge on any atom is 0.251 e. The van der Waals surface area contributed by atoms with Crippen LogP contribution in [0.5, 0.6) is 0 Å². The smallest absolute Gasteiger partial charge is 0.251 e. The number of nitrogens with one attached hydrogen (secondary N) is 2. The Labute approximate surface area is 161 Å². The number of aliphatic imine (C=N–C) groups is 1. The van der Waals surface area contributed by atoms with E-state index in [9.17, 15) is 4.79 Å². The van der Waals surface area contributed by atoms with Crippen LogP contribution in [0.3, 0.4) is 0 Å². The maximum atomic E-state index is 11.6. The number of guanidine groups is 1. The van der Waals surface area contributed by atoms with Crippen molar-refractivity contribution in [2.45, 2.75) is 32.2 Å². The zero-order valence-corrected chi connectivity index (χ0v) is 16.8. The summed E-state index contributed by atoms with van der Waals surface area (Å²) in [5.74, 6) is 0.937. The van der Waals surface area contributed by atoms with Crippen molar-refractivity contribution in [1.29, 1.82) is 0 Å². The molecule has 0 atom stereocenters. The summed E-state index contributed by atoms with van der Waals surface area (Å²) in [7, 11) is 3.50. The molecule has 1 aliphatic carbocycles. The van der Waals surface area contributed by atoms with Crippen LogP contribution in [0.15, 0.2) is 29.3 Å². The van der Waals surface area contributed by atoms with Gasteiger partial charge in [0, 0.05) is 39.3 Å². The van der Waals surface area contributed by atoms with Gasteiger partial charge in [0.25, 0.3) is 5.91 Å². The molecule has 0 unspecified atom stereocenters. The Bertz CT molecular complexity index is 596. The largest absolute Gasteiger partial charge is 0.355 e. The van der Waals surface area contributed by atoms with Gasteiger partial charge >= 0.3 is 0 Å². The molecule has 1 aromatic carbocycles. The summed E-state index contributed by atoms with van der Waals surface area (Å²) in [6.07, 6.45) is 5.44. The van der Waals surface area contributed by atoms with Gasteiger partial charge in [-0.05, 0) is 42.4 Å². The molecule has 0 aromatic heterocycles. The number of halogens is 1. The lowest BCUT2D eigenvalue weighted by Crippen LogP contribution is -2.42. The van der Waals surface area contributed by atoms with Gasteiger partial charge in [-0.25, -0.2) is 0 Å². The first-order valence-corrected chi connectivity index (χ1v) is 8.42. The van der Waals surface area contributed by atoms with Crippen LogP contribution in [0.4, 0.5) is 0 Å². The molecule has 2 N–H and O–H groups in total. The number of amides is 1. The standard InChI is InChI=1S/C18H26N4O.HI/c1-19-16(23)15-6-4-14(5-7-15)12-21-17(20-2)22-11-10-18(13-22)8-3-9-18;/h4-7H,3,8-13H2,1-2H3,(H,19,23)(H,20,21);1H. The minimum absolute atomic E-state index is 0. The molecule has 5 nitrogen and oxygen atoms in total. The van der Waals surface area contributed by atoms with Gasteiger partial charge in [-0.1, -0.05) is 18.6 Å². The Morgan fingerprint density at radius 1 is 1.25 bits per heavy atom. The highest BCUT2D eigenvalue weighted by atomic mass is 127. The van der Waals surface area contributed by atoms with E-state index in [-0.39, 0.29) is 29.9 Å². The molecule has 1 spiro atoms. The zero-order chi connectivity index (χ0) is 16.3. The molecular weight excluding hydrogens is 415 g/mol. The molecule has 2 fully saturated rings. The fourth-order valence-electron chi connectivity index (χ4n) is 3.63. The highest BCUT2D eigenvalue weighted by Crippen LogP contribution is 2.47. The van der Waals surface area contributed by atoms with Crippen LogP contribution in [0.25, 0.3) is 0 Å². The van der Waals surface area contributed by atoms with Crippen molar-refractivity contribution >= 4 is 35.8 Å².